The molecule has 4 aromatic rings. The first-order chi connectivity index (χ1) is 16.8. The normalized spacial score (nSPS) is 11.3. The van der Waals surface area contributed by atoms with E-state index in [2.05, 4.69) is 10.3 Å². The van der Waals surface area contributed by atoms with E-state index in [1.807, 2.05) is 38.1 Å². The van der Waals surface area contributed by atoms with E-state index >= 15 is 0 Å². The summed E-state index contributed by atoms with van der Waals surface area (Å²) < 4.78 is 38.0. The molecule has 0 aliphatic carbocycles. The lowest BCUT2D eigenvalue weighted by Crippen LogP contribution is -2.15. The van der Waals surface area contributed by atoms with Crippen LogP contribution in [0.1, 0.15) is 11.1 Å². The molecule has 1 N–H and O–H groups in total. The number of anilines is 1. The summed E-state index contributed by atoms with van der Waals surface area (Å²) in [6, 6.07) is 21.0. The number of sulfone groups is 1. The Morgan fingerprint density at radius 1 is 0.971 bits per heavy atom. The first-order valence-electron chi connectivity index (χ1n) is 10.7. The lowest BCUT2D eigenvalue weighted by molar-refractivity contribution is -0.113. The minimum absolute atomic E-state index is 0.0522. The summed E-state index contributed by atoms with van der Waals surface area (Å²) in [5.41, 5.74) is 3.15. The molecule has 0 spiro atoms. The number of aromatic nitrogens is 1. The van der Waals surface area contributed by atoms with Gasteiger partial charge in [0, 0.05) is 5.56 Å². The van der Waals surface area contributed by atoms with E-state index in [4.69, 9.17) is 9.15 Å². The van der Waals surface area contributed by atoms with Crippen LogP contribution in [0.3, 0.4) is 0 Å². The highest BCUT2D eigenvalue weighted by Gasteiger charge is 2.29. The van der Waals surface area contributed by atoms with Gasteiger partial charge in [0.1, 0.15) is 5.75 Å². The second kappa shape index (κ2) is 10.4. The molecule has 35 heavy (non-hydrogen) atoms. The number of methoxy groups -OCH3 is 1. The van der Waals surface area contributed by atoms with Crippen LogP contribution in [-0.4, -0.2) is 32.2 Å². The molecule has 4 rings (SSSR count). The van der Waals surface area contributed by atoms with Gasteiger partial charge in [-0.1, -0.05) is 59.3 Å². The number of hydrogen-bond acceptors (Lipinski definition) is 7. The summed E-state index contributed by atoms with van der Waals surface area (Å²) in [4.78, 5) is 17.1. The fourth-order valence-corrected chi connectivity index (χ4v) is 5.60. The van der Waals surface area contributed by atoms with E-state index in [-0.39, 0.29) is 32.6 Å². The number of thioether (sulfide) groups is 1. The summed E-state index contributed by atoms with van der Waals surface area (Å²) in [7, 11) is -2.46. The monoisotopic (exact) mass is 508 g/mol. The van der Waals surface area contributed by atoms with Crippen molar-refractivity contribution >= 4 is 33.2 Å². The number of aryl methyl sites for hydroxylation is 2. The molecule has 0 bridgehead atoms. The average molecular weight is 509 g/mol. The molecular weight excluding hydrogens is 484 g/mol. The standard InChI is InChI=1S/C26H24N2O5S2/c1-17-8-12-19(13-9-17)24-28-25(35(30,31)20-14-10-18(2)11-15-20)26(33-24)34-16-23(29)27-21-6-4-5-7-22(21)32-3/h4-15H,16H2,1-3H3,(H,27,29). The Labute approximate surface area is 208 Å². The molecule has 0 saturated carbocycles. The van der Waals surface area contributed by atoms with E-state index in [9.17, 15) is 13.2 Å². The molecule has 1 aromatic heterocycles. The van der Waals surface area contributed by atoms with Crippen molar-refractivity contribution in [2.75, 3.05) is 18.2 Å². The number of nitrogens with one attached hydrogen (secondary N) is 1. The van der Waals surface area contributed by atoms with Crippen molar-refractivity contribution in [2.45, 2.75) is 28.9 Å². The third-order valence-corrected chi connectivity index (χ3v) is 7.92. The molecule has 180 valence electrons. The Kier molecular flexibility index (Phi) is 7.28. The van der Waals surface area contributed by atoms with Gasteiger partial charge in [-0.2, -0.15) is 4.98 Å². The van der Waals surface area contributed by atoms with E-state index in [0.29, 0.717) is 17.0 Å². The number of hydrogen-bond donors (Lipinski definition) is 1. The third-order valence-electron chi connectivity index (χ3n) is 5.17. The molecule has 9 heteroatoms. The van der Waals surface area contributed by atoms with Gasteiger partial charge in [0.05, 0.1) is 23.4 Å². The SMILES string of the molecule is COc1ccccc1NC(=O)CSc1oc(-c2ccc(C)cc2)nc1S(=O)(=O)c1ccc(C)cc1. The Balaban J connectivity index is 1.65. The Bertz CT molecular complexity index is 1440. The molecule has 0 saturated heterocycles. The molecule has 0 radical (unpaired) electrons. The van der Waals surface area contributed by atoms with Crippen molar-refractivity contribution in [3.05, 3.63) is 83.9 Å². The molecular formula is C26H24N2O5S2. The van der Waals surface area contributed by atoms with Crippen LogP contribution in [-0.2, 0) is 14.6 Å². The van der Waals surface area contributed by atoms with Gasteiger partial charge in [0.2, 0.25) is 31.8 Å². The second-order valence-corrected chi connectivity index (χ2v) is 10.6. The quantitative estimate of drug-likeness (QED) is 0.312. The van der Waals surface area contributed by atoms with Crippen LogP contribution in [0.15, 0.2) is 92.2 Å². The number of rotatable bonds is 8. The predicted molar refractivity (Wildman–Crippen MR) is 136 cm³/mol. The zero-order valence-electron chi connectivity index (χ0n) is 19.4. The molecule has 1 heterocycles. The van der Waals surface area contributed by atoms with Gasteiger partial charge < -0.3 is 14.5 Å². The highest BCUT2D eigenvalue weighted by Crippen LogP contribution is 2.35. The van der Waals surface area contributed by atoms with Crippen molar-refractivity contribution in [3.8, 4) is 17.2 Å². The molecule has 0 unspecified atom stereocenters. The van der Waals surface area contributed by atoms with Crippen LogP contribution in [0, 0.1) is 13.8 Å². The zero-order chi connectivity index (χ0) is 25.0. The van der Waals surface area contributed by atoms with Gasteiger partial charge in [0.25, 0.3) is 0 Å². The number of carbonyl (C=O) groups excluding carboxylic acids is 1. The first kappa shape index (κ1) is 24.6. The van der Waals surface area contributed by atoms with E-state index in [1.165, 1.54) is 19.2 Å². The number of ether oxygens (including phenoxy) is 1. The summed E-state index contributed by atoms with van der Waals surface area (Å²) in [5, 5.41) is 2.61. The molecule has 1 amide bonds. The van der Waals surface area contributed by atoms with Crippen LogP contribution in [0.5, 0.6) is 5.75 Å². The highest BCUT2D eigenvalue weighted by molar-refractivity contribution is 8.00. The Morgan fingerprint density at radius 2 is 1.60 bits per heavy atom. The van der Waals surface area contributed by atoms with Gasteiger partial charge in [0.15, 0.2) is 0 Å². The maximum atomic E-state index is 13.4. The van der Waals surface area contributed by atoms with Crippen LogP contribution >= 0.6 is 11.8 Å². The summed E-state index contributed by atoms with van der Waals surface area (Å²) in [6.07, 6.45) is 0. The third kappa shape index (κ3) is 5.58. The molecule has 3 aromatic carbocycles. The molecule has 0 fully saturated rings. The maximum absolute atomic E-state index is 13.4. The maximum Gasteiger partial charge on any atom is 0.234 e. The zero-order valence-corrected chi connectivity index (χ0v) is 21.1. The fourth-order valence-electron chi connectivity index (χ4n) is 3.27. The van der Waals surface area contributed by atoms with Crippen molar-refractivity contribution in [1.29, 1.82) is 0 Å². The fraction of sp³-hybridized carbons (Fsp3) is 0.154. The highest BCUT2D eigenvalue weighted by atomic mass is 32.2. The number of benzene rings is 3. The summed E-state index contributed by atoms with van der Waals surface area (Å²) >= 11 is 0.970. The van der Waals surface area contributed by atoms with Gasteiger partial charge in [-0.05, 0) is 50.2 Å². The minimum atomic E-state index is -3.98. The van der Waals surface area contributed by atoms with Crippen molar-refractivity contribution < 1.29 is 22.4 Å². The minimum Gasteiger partial charge on any atom is -0.495 e. The lowest BCUT2D eigenvalue weighted by atomic mass is 10.1. The molecule has 0 aliphatic rings. The van der Waals surface area contributed by atoms with Crippen LogP contribution in [0.4, 0.5) is 5.69 Å². The second-order valence-electron chi connectivity index (χ2n) is 7.83. The van der Waals surface area contributed by atoms with Gasteiger partial charge in [-0.15, -0.1) is 0 Å². The van der Waals surface area contributed by atoms with Crippen LogP contribution in [0.25, 0.3) is 11.5 Å². The average Bonchev–Trinajstić information content (AvgIpc) is 3.29. The van der Waals surface area contributed by atoms with E-state index in [0.717, 1.165) is 22.9 Å². The van der Waals surface area contributed by atoms with Gasteiger partial charge >= 0.3 is 0 Å². The number of oxazole rings is 1. The topological polar surface area (TPSA) is 98.5 Å². The Morgan fingerprint density at radius 3 is 2.26 bits per heavy atom. The number of nitrogens with zero attached hydrogens (tertiary/aromatic N) is 1. The largest absolute Gasteiger partial charge is 0.495 e. The number of carbonyl (C=O) groups is 1. The number of amides is 1. The predicted octanol–water partition coefficient (Wildman–Crippen LogP) is 5.53. The van der Waals surface area contributed by atoms with Crippen LogP contribution in [0.2, 0.25) is 0 Å². The summed E-state index contributed by atoms with van der Waals surface area (Å²) in [5.74, 6) is 0.265. The van der Waals surface area contributed by atoms with E-state index < -0.39 is 9.84 Å². The van der Waals surface area contributed by atoms with Crippen LogP contribution < -0.4 is 10.1 Å². The lowest BCUT2D eigenvalue weighted by Gasteiger charge is -2.09. The molecule has 7 nitrogen and oxygen atoms in total. The Hall–Kier alpha value is -3.56. The summed E-state index contributed by atoms with van der Waals surface area (Å²) in [6.45, 7) is 3.83. The van der Waals surface area contributed by atoms with Crippen molar-refractivity contribution in [2.24, 2.45) is 0 Å². The number of para-hydroxylation sites is 2. The van der Waals surface area contributed by atoms with Gasteiger partial charge in [-0.25, -0.2) is 8.42 Å². The molecule has 0 atom stereocenters. The first-order valence-corrected chi connectivity index (χ1v) is 13.2. The van der Waals surface area contributed by atoms with Crippen molar-refractivity contribution in [1.82, 2.24) is 4.98 Å². The van der Waals surface area contributed by atoms with E-state index in [1.54, 1.807) is 36.4 Å². The van der Waals surface area contributed by atoms with Crippen molar-refractivity contribution in [3.63, 3.8) is 0 Å². The smallest absolute Gasteiger partial charge is 0.234 e. The van der Waals surface area contributed by atoms with Gasteiger partial charge in [-0.3, -0.25) is 4.79 Å². The molecule has 0 aliphatic heterocycles.